The highest BCUT2D eigenvalue weighted by Gasteiger charge is 2.06. The van der Waals surface area contributed by atoms with Gasteiger partial charge >= 0.3 is 0 Å². The van der Waals surface area contributed by atoms with Gasteiger partial charge in [0.2, 0.25) is 0 Å². The molecule has 1 atom stereocenters. The summed E-state index contributed by atoms with van der Waals surface area (Å²) in [6, 6.07) is 5.70. The van der Waals surface area contributed by atoms with Crippen LogP contribution in [-0.4, -0.2) is 7.11 Å². The zero-order valence-corrected chi connectivity index (χ0v) is 8.64. The van der Waals surface area contributed by atoms with E-state index in [0.717, 1.165) is 12.0 Å². The van der Waals surface area contributed by atoms with Crippen LogP contribution in [0, 0.1) is 0 Å². The molecule has 0 saturated carbocycles. The smallest absolute Gasteiger partial charge is 0.137 e. The standard InChI is InChI=1S/C10H14ClNO/c1-3-9(12)7-4-5-10(13-2)8(11)6-7/h4-6,9H,3,12H2,1-2H3. The van der Waals surface area contributed by atoms with Crippen LogP contribution in [0.15, 0.2) is 18.2 Å². The summed E-state index contributed by atoms with van der Waals surface area (Å²) in [6.45, 7) is 2.04. The molecule has 1 aromatic rings. The van der Waals surface area contributed by atoms with Gasteiger partial charge in [0.05, 0.1) is 12.1 Å². The average Bonchev–Trinajstić information content (AvgIpc) is 2.16. The number of hydrogen-bond acceptors (Lipinski definition) is 2. The molecule has 0 saturated heterocycles. The number of halogens is 1. The van der Waals surface area contributed by atoms with Crippen molar-refractivity contribution in [1.82, 2.24) is 0 Å². The highest BCUT2D eigenvalue weighted by Crippen LogP contribution is 2.27. The Bertz CT molecular complexity index is 288. The molecule has 2 nitrogen and oxygen atoms in total. The summed E-state index contributed by atoms with van der Waals surface area (Å²) in [6.07, 6.45) is 0.905. The summed E-state index contributed by atoms with van der Waals surface area (Å²) in [5.41, 5.74) is 6.90. The van der Waals surface area contributed by atoms with E-state index in [4.69, 9.17) is 22.1 Å². The maximum atomic E-state index is 5.95. The van der Waals surface area contributed by atoms with Crippen LogP contribution in [0.1, 0.15) is 24.9 Å². The number of nitrogens with two attached hydrogens (primary N) is 1. The zero-order valence-electron chi connectivity index (χ0n) is 7.88. The van der Waals surface area contributed by atoms with Crippen LogP contribution in [0.4, 0.5) is 0 Å². The molecule has 0 amide bonds. The van der Waals surface area contributed by atoms with E-state index in [2.05, 4.69) is 0 Å². The molecule has 72 valence electrons. The van der Waals surface area contributed by atoms with Crippen molar-refractivity contribution in [3.05, 3.63) is 28.8 Å². The molecule has 0 spiro atoms. The third-order valence-corrected chi connectivity index (χ3v) is 2.34. The maximum Gasteiger partial charge on any atom is 0.137 e. The van der Waals surface area contributed by atoms with E-state index >= 15 is 0 Å². The van der Waals surface area contributed by atoms with Crippen LogP contribution >= 0.6 is 11.6 Å². The van der Waals surface area contributed by atoms with Crippen LogP contribution in [0.25, 0.3) is 0 Å². The molecular weight excluding hydrogens is 186 g/mol. The number of ether oxygens (including phenoxy) is 1. The van der Waals surface area contributed by atoms with Gasteiger partial charge in [-0.05, 0) is 24.1 Å². The average molecular weight is 200 g/mol. The molecule has 13 heavy (non-hydrogen) atoms. The van der Waals surface area contributed by atoms with Crippen LogP contribution < -0.4 is 10.5 Å². The van der Waals surface area contributed by atoms with E-state index in [0.29, 0.717) is 10.8 Å². The molecule has 0 aliphatic carbocycles. The second kappa shape index (κ2) is 4.49. The molecule has 1 aromatic carbocycles. The van der Waals surface area contributed by atoms with Gasteiger partial charge in [0, 0.05) is 6.04 Å². The Hall–Kier alpha value is -0.730. The molecule has 1 rings (SSSR count). The van der Waals surface area contributed by atoms with Crippen LogP contribution in [0.2, 0.25) is 5.02 Å². The molecule has 0 radical (unpaired) electrons. The van der Waals surface area contributed by atoms with Crippen molar-refractivity contribution in [3.63, 3.8) is 0 Å². The van der Waals surface area contributed by atoms with Crippen LogP contribution in [0.3, 0.4) is 0 Å². The summed E-state index contributed by atoms with van der Waals surface area (Å²) < 4.78 is 5.04. The fourth-order valence-electron chi connectivity index (χ4n) is 1.15. The largest absolute Gasteiger partial charge is 0.495 e. The predicted octanol–water partition coefficient (Wildman–Crippen LogP) is 2.76. The minimum absolute atomic E-state index is 0.0587. The second-order valence-corrected chi connectivity index (χ2v) is 3.32. The van der Waals surface area contributed by atoms with Gasteiger partial charge in [-0.25, -0.2) is 0 Å². The molecule has 1 unspecified atom stereocenters. The summed E-state index contributed by atoms with van der Waals surface area (Å²) in [4.78, 5) is 0. The summed E-state index contributed by atoms with van der Waals surface area (Å²) in [5.74, 6) is 0.689. The first-order valence-electron chi connectivity index (χ1n) is 4.28. The number of benzene rings is 1. The maximum absolute atomic E-state index is 5.95. The van der Waals surface area contributed by atoms with Gasteiger partial charge in [-0.2, -0.15) is 0 Å². The zero-order chi connectivity index (χ0) is 9.84. The first-order valence-corrected chi connectivity index (χ1v) is 4.65. The van der Waals surface area contributed by atoms with E-state index < -0.39 is 0 Å². The lowest BCUT2D eigenvalue weighted by Gasteiger charge is -2.10. The summed E-state index contributed by atoms with van der Waals surface area (Å²) >= 11 is 5.95. The first kappa shape index (κ1) is 10.4. The van der Waals surface area contributed by atoms with E-state index in [1.54, 1.807) is 7.11 Å². The molecule has 2 N–H and O–H groups in total. The third-order valence-electron chi connectivity index (χ3n) is 2.04. The Morgan fingerprint density at radius 3 is 2.69 bits per heavy atom. The molecule has 0 fully saturated rings. The number of hydrogen-bond donors (Lipinski definition) is 1. The van der Waals surface area contributed by atoms with Crippen molar-refractivity contribution < 1.29 is 4.74 Å². The van der Waals surface area contributed by atoms with Crippen molar-refractivity contribution in [2.75, 3.05) is 7.11 Å². The van der Waals surface area contributed by atoms with Gasteiger partial charge in [-0.15, -0.1) is 0 Å². The van der Waals surface area contributed by atoms with Crippen molar-refractivity contribution in [1.29, 1.82) is 0 Å². The minimum atomic E-state index is 0.0587. The molecule has 3 heteroatoms. The van der Waals surface area contributed by atoms with Gasteiger partial charge in [0.15, 0.2) is 0 Å². The van der Waals surface area contributed by atoms with E-state index in [9.17, 15) is 0 Å². The lowest BCUT2D eigenvalue weighted by molar-refractivity contribution is 0.414. The Morgan fingerprint density at radius 2 is 2.23 bits per heavy atom. The Labute approximate surface area is 83.6 Å². The van der Waals surface area contributed by atoms with Crippen molar-refractivity contribution in [2.24, 2.45) is 5.73 Å². The minimum Gasteiger partial charge on any atom is -0.495 e. The van der Waals surface area contributed by atoms with E-state index in [1.807, 2.05) is 25.1 Å². The highest BCUT2D eigenvalue weighted by molar-refractivity contribution is 6.32. The number of rotatable bonds is 3. The lowest BCUT2D eigenvalue weighted by atomic mass is 10.1. The monoisotopic (exact) mass is 199 g/mol. The molecular formula is C10H14ClNO. The fourth-order valence-corrected chi connectivity index (χ4v) is 1.42. The molecule has 0 heterocycles. The van der Waals surface area contributed by atoms with Crippen LogP contribution in [-0.2, 0) is 0 Å². The van der Waals surface area contributed by atoms with Crippen LogP contribution in [0.5, 0.6) is 5.75 Å². The summed E-state index contributed by atoms with van der Waals surface area (Å²) in [5, 5.41) is 0.615. The predicted molar refractivity (Wildman–Crippen MR) is 55.2 cm³/mol. The molecule has 0 bridgehead atoms. The van der Waals surface area contributed by atoms with Gasteiger partial charge < -0.3 is 10.5 Å². The van der Waals surface area contributed by atoms with Crippen molar-refractivity contribution >= 4 is 11.6 Å². The van der Waals surface area contributed by atoms with E-state index in [-0.39, 0.29) is 6.04 Å². The van der Waals surface area contributed by atoms with Gasteiger partial charge in [-0.1, -0.05) is 24.6 Å². The van der Waals surface area contributed by atoms with Crippen molar-refractivity contribution in [2.45, 2.75) is 19.4 Å². The van der Waals surface area contributed by atoms with E-state index in [1.165, 1.54) is 0 Å². The Balaban J connectivity index is 2.95. The normalized spacial score (nSPS) is 12.6. The van der Waals surface area contributed by atoms with Gasteiger partial charge in [-0.3, -0.25) is 0 Å². The quantitative estimate of drug-likeness (QED) is 0.813. The Kier molecular flexibility index (Phi) is 3.58. The number of methoxy groups -OCH3 is 1. The second-order valence-electron chi connectivity index (χ2n) is 2.91. The first-order chi connectivity index (χ1) is 6.19. The molecule has 0 aliphatic rings. The van der Waals surface area contributed by atoms with Crippen molar-refractivity contribution in [3.8, 4) is 5.75 Å². The van der Waals surface area contributed by atoms with Gasteiger partial charge in [0.1, 0.15) is 5.75 Å². The molecule has 0 aromatic heterocycles. The third kappa shape index (κ3) is 2.36. The fraction of sp³-hybridized carbons (Fsp3) is 0.400. The van der Waals surface area contributed by atoms with Gasteiger partial charge in [0.25, 0.3) is 0 Å². The summed E-state index contributed by atoms with van der Waals surface area (Å²) in [7, 11) is 1.60. The topological polar surface area (TPSA) is 35.2 Å². The molecule has 0 aliphatic heterocycles. The SMILES string of the molecule is CCC(N)c1ccc(OC)c(Cl)c1. The Morgan fingerprint density at radius 1 is 1.54 bits per heavy atom. The highest BCUT2D eigenvalue weighted by atomic mass is 35.5. The lowest BCUT2D eigenvalue weighted by Crippen LogP contribution is -2.08.